The summed E-state index contributed by atoms with van der Waals surface area (Å²) >= 11 is 0. The zero-order chi connectivity index (χ0) is 8.27. The summed E-state index contributed by atoms with van der Waals surface area (Å²) in [6.07, 6.45) is 2.91. The number of rotatable bonds is 2. The second-order valence-electron chi connectivity index (χ2n) is 2.44. The number of carbonyl (C=O) groups excluding carboxylic acids is 2. The van der Waals surface area contributed by atoms with Gasteiger partial charge in [-0.1, -0.05) is 6.08 Å². The number of aldehydes is 1. The lowest BCUT2D eigenvalue weighted by molar-refractivity contribution is -0.135. The molecule has 11 heavy (non-hydrogen) atoms. The van der Waals surface area contributed by atoms with Gasteiger partial charge in [0.05, 0.1) is 6.61 Å². The zero-order valence-corrected chi connectivity index (χ0v) is 6.37. The van der Waals surface area contributed by atoms with Crippen LogP contribution < -0.4 is 0 Å². The van der Waals surface area contributed by atoms with Gasteiger partial charge in [0.1, 0.15) is 6.29 Å². The van der Waals surface area contributed by atoms with E-state index in [9.17, 15) is 9.59 Å². The Morgan fingerprint density at radius 3 is 3.00 bits per heavy atom. The van der Waals surface area contributed by atoms with E-state index in [2.05, 4.69) is 0 Å². The van der Waals surface area contributed by atoms with Crippen molar-refractivity contribution in [3.63, 3.8) is 0 Å². The van der Waals surface area contributed by atoms with Crippen molar-refractivity contribution in [1.82, 2.24) is 0 Å². The highest BCUT2D eigenvalue weighted by Crippen LogP contribution is 2.22. The number of ether oxygens (including phenoxy) is 1. The minimum Gasteiger partial charge on any atom is -0.462 e. The third kappa shape index (κ3) is 1.48. The molecule has 0 saturated carbocycles. The van der Waals surface area contributed by atoms with Crippen molar-refractivity contribution < 1.29 is 14.3 Å². The molecule has 1 aliphatic heterocycles. The molecule has 0 aromatic rings. The molecule has 0 bridgehead atoms. The van der Waals surface area contributed by atoms with Crippen LogP contribution >= 0.6 is 0 Å². The lowest BCUT2D eigenvalue weighted by Gasteiger charge is -1.99. The average molecular weight is 154 g/mol. The van der Waals surface area contributed by atoms with E-state index in [1.54, 1.807) is 13.0 Å². The Hall–Kier alpha value is -1.12. The third-order valence-corrected chi connectivity index (χ3v) is 1.78. The van der Waals surface area contributed by atoms with Gasteiger partial charge in [0, 0.05) is 17.9 Å². The molecule has 1 heterocycles. The molecule has 1 rings (SSSR count). The fraction of sp³-hybridized carbons (Fsp3) is 0.500. The molecule has 0 amide bonds. The highest BCUT2D eigenvalue weighted by molar-refractivity contribution is 5.91. The van der Waals surface area contributed by atoms with Crippen LogP contribution in [0.25, 0.3) is 0 Å². The van der Waals surface area contributed by atoms with Crippen LogP contribution in [0.1, 0.15) is 13.3 Å². The van der Waals surface area contributed by atoms with Gasteiger partial charge in [-0.25, -0.2) is 4.79 Å². The van der Waals surface area contributed by atoms with Gasteiger partial charge in [-0.15, -0.1) is 0 Å². The molecule has 0 aliphatic carbocycles. The van der Waals surface area contributed by atoms with Crippen LogP contribution in [0.5, 0.6) is 0 Å². The minimum atomic E-state index is -0.278. The summed E-state index contributed by atoms with van der Waals surface area (Å²) in [6, 6.07) is 0. The van der Waals surface area contributed by atoms with Crippen LogP contribution in [-0.4, -0.2) is 18.9 Å². The first-order valence-corrected chi connectivity index (χ1v) is 3.56. The predicted octanol–water partition coefficient (Wildman–Crippen LogP) is 0.695. The molecule has 60 valence electrons. The van der Waals surface area contributed by atoms with Crippen molar-refractivity contribution in [2.45, 2.75) is 13.3 Å². The molecule has 1 aliphatic rings. The molecule has 0 N–H and O–H groups in total. The quantitative estimate of drug-likeness (QED) is 0.334. The first kappa shape index (κ1) is 7.98. The van der Waals surface area contributed by atoms with Crippen LogP contribution in [0.4, 0.5) is 0 Å². The Kier molecular flexibility index (Phi) is 2.41. The van der Waals surface area contributed by atoms with E-state index in [0.717, 1.165) is 6.29 Å². The van der Waals surface area contributed by atoms with Gasteiger partial charge in [-0.05, 0) is 6.92 Å². The molecule has 1 fully saturated rings. The second kappa shape index (κ2) is 3.32. The smallest absolute Gasteiger partial charge is 0.334 e. The first-order valence-electron chi connectivity index (χ1n) is 3.56. The highest BCUT2D eigenvalue weighted by Gasteiger charge is 2.28. The highest BCUT2D eigenvalue weighted by atomic mass is 16.5. The fourth-order valence-electron chi connectivity index (χ4n) is 1.18. The van der Waals surface area contributed by atoms with E-state index in [1.807, 2.05) is 0 Å². The molecule has 0 aromatic heterocycles. The predicted molar refractivity (Wildman–Crippen MR) is 38.9 cm³/mol. The summed E-state index contributed by atoms with van der Waals surface area (Å²) in [7, 11) is 0. The van der Waals surface area contributed by atoms with E-state index in [0.29, 0.717) is 18.6 Å². The van der Waals surface area contributed by atoms with Crippen LogP contribution in [-0.2, 0) is 14.3 Å². The van der Waals surface area contributed by atoms with Crippen molar-refractivity contribution in [3.8, 4) is 0 Å². The minimum absolute atomic E-state index is 0.00926. The number of cyclic esters (lactones) is 1. The summed E-state index contributed by atoms with van der Waals surface area (Å²) in [5.74, 6) is -0.288. The van der Waals surface area contributed by atoms with Crippen molar-refractivity contribution in [2.75, 3.05) is 6.61 Å². The summed E-state index contributed by atoms with van der Waals surface area (Å²) in [5.41, 5.74) is 0.636. The number of esters is 1. The zero-order valence-electron chi connectivity index (χ0n) is 6.37. The van der Waals surface area contributed by atoms with Crippen LogP contribution in [0.2, 0.25) is 0 Å². The van der Waals surface area contributed by atoms with E-state index < -0.39 is 0 Å². The number of carbonyl (C=O) groups is 2. The van der Waals surface area contributed by atoms with Gasteiger partial charge >= 0.3 is 5.97 Å². The molecule has 1 unspecified atom stereocenters. The number of allylic oxidation sites excluding steroid dienone is 1. The van der Waals surface area contributed by atoms with E-state index in [1.165, 1.54) is 0 Å². The fourth-order valence-corrected chi connectivity index (χ4v) is 1.18. The van der Waals surface area contributed by atoms with E-state index in [4.69, 9.17) is 4.74 Å². The molecule has 0 aromatic carbocycles. The number of hydrogen-bond donors (Lipinski definition) is 0. The normalized spacial score (nSPS) is 27.2. The van der Waals surface area contributed by atoms with Crippen molar-refractivity contribution in [2.24, 2.45) is 5.92 Å². The van der Waals surface area contributed by atoms with Gasteiger partial charge in [0.25, 0.3) is 0 Å². The number of hydrogen-bond acceptors (Lipinski definition) is 3. The standard InChI is InChI=1S/C8H10O3/c1-2-7-6(3-4-9)5-11-8(7)10/h2,4,6H,3,5H2,1H3. The molecule has 3 heteroatoms. The molecule has 0 radical (unpaired) electrons. The second-order valence-corrected chi connectivity index (χ2v) is 2.44. The SMILES string of the molecule is CC=C1C(=O)OCC1CC=O. The molecule has 3 nitrogen and oxygen atoms in total. The Morgan fingerprint density at radius 2 is 2.45 bits per heavy atom. The van der Waals surface area contributed by atoms with Gasteiger partial charge in [0.15, 0.2) is 0 Å². The Labute approximate surface area is 65.0 Å². The molecule has 1 atom stereocenters. The van der Waals surface area contributed by atoms with Crippen LogP contribution in [0, 0.1) is 5.92 Å². The first-order chi connectivity index (χ1) is 5.29. The maximum absolute atomic E-state index is 10.9. The van der Waals surface area contributed by atoms with Gasteiger partial charge in [-0.3, -0.25) is 0 Å². The largest absolute Gasteiger partial charge is 0.462 e. The summed E-state index contributed by atoms with van der Waals surface area (Å²) in [4.78, 5) is 21.0. The maximum Gasteiger partial charge on any atom is 0.334 e. The maximum atomic E-state index is 10.9. The monoisotopic (exact) mass is 154 g/mol. The van der Waals surface area contributed by atoms with Crippen molar-refractivity contribution in [3.05, 3.63) is 11.6 Å². The summed E-state index contributed by atoms with van der Waals surface area (Å²) < 4.78 is 4.76. The van der Waals surface area contributed by atoms with Gasteiger partial charge < -0.3 is 9.53 Å². The van der Waals surface area contributed by atoms with Gasteiger partial charge in [-0.2, -0.15) is 0 Å². The Balaban J connectivity index is 2.69. The average Bonchev–Trinajstić information content (AvgIpc) is 2.33. The topological polar surface area (TPSA) is 43.4 Å². The van der Waals surface area contributed by atoms with Crippen molar-refractivity contribution in [1.29, 1.82) is 0 Å². The van der Waals surface area contributed by atoms with E-state index in [-0.39, 0.29) is 11.9 Å². The van der Waals surface area contributed by atoms with E-state index >= 15 is 0 Å². The molecular formula is C8H10O3. The molecular weight excluding hydrogens is 144 g/mol. The van der Waals surface area contributed by atoms with Crippen LogP contribution in [0.15, 0.2) is 11.6 Å². The van der Waals surface area contributed by atoms with Gasteiger partial charge in [0.2, 0.25) is 0 Å². The lowest BCUT2D eigenvalue weighted by atomic mass is 10.00. The third-order valence-electron chi connectivity index (χ3n) is 1.78. The van der Waals surface area contributed by atoms with Crippen LogP contribution in [0.3, 0.4) is 0 Å². The van der Waals surface area contributed by atoms with Crippen molar-refractivity contribution >= 4 is 12.3 Å². The molecule has 1 saturated heterocycles. The Morgan fingerprint density at radius 1 is 1.73 bits per heavy atom. The molecule has 0 spiro atoms. The Bertz CT molecular complexity index is 205. The summed E-state index contributed by atoms with van der Waals surface area (Å²) in [5, 5.41) is 0. The summed E-state index contributed by atoms with van der Waals surface area (Å²) in [6.45, 7) is 2.14. The lowest BCUT2D eigenvalue weighted by Crippen LogP contribution is -2.03.